The number of nitrogens with zero attached hydrogens (tertiary/aromatic N) is 1. The molecule has 0 aliphatic heterocycles. The molecule has 6 heteroatoms. The van der Waals surface area contributed by atoms with E-state index in [1.165, 1.54) is 6.42 Å². The summed E-state index contributed by atoms with van der Waals surface area (Å²) in [6.45, 7) is 8.18. The van der Waals surface area contributed by atoms with E-state index < -0.39 is 6.04 Å². The van der Waals surface area contributed by atoms with Gasteiger partial charge >= 0.3 is 0 Å². The van der Waals surface area contributed by atoms with Gasteiger partial charge < -0.3 is 15.0 Å². The summed E-state index contributed by atoms with van der Waals surface area (Å²) in [5, 5.41) is 3.84. The minimum Gasteiger partial charge on any atom is -0.483 e. The molecule has 2 amide bonds. The number of hydrogen-bond acceptors (Lipinski definition) is 3. The van der Waals surface area contributed by atoms with Gasteiger partial charge in [-0.25, -0.2) is 0 Å². The zero-order chi connectivity index (χ0) is 24.7. The van der Waals surface area contributed by atoms with Gasteiger partial charge in [0.05, 0.1) is 0 Å². The van der Waals surface area contributed by atoms with E-state index in [1.807, 2.05) is 45.9 Å². The zero-order valence-electron chi connectivity index (χ0n) is 20.8. The second-order valence-corrected chi connectivity index (χ2v) is 9.85. The maximum atomic E-state index is 13.5. The Morgan fingerprint density at radius 2 is 1.76 bits per heavy atom. The molecule has 0 spiro atoms. The molecule has 2 aromatic rings. The number of carbonyl (C=O) groups is 2. The molecular formula is C28H37ClN2O3. The number of nitrogens with one attached hydrogen (secondary N) is 1. The first kappa shape index (κ1) is 26.1. The van der Waals surface area contributed by atoms with Gasteiger partial charge in [0.2, 0.25) is 5.91 Å². The standard InChI is InChI=1S/C28H37ClN2O3/c1-5-25(28(33)30-24-9-7-6-8-10-24)31(17-22-11-13-23(29)14-12-22)27(32)18-34-26-16-19(2)15-20(3)21(26)4/h11-16,24-25H,5-10,17-18H2,1-4H3,(H,30,33)/t25-/m1/s1. The highest BCUT2D eigenvalue weighted by Crippen LogP contribution is 2.24. The van der Waals surface area contributed by atoms with Gasteiger partial charge in [-0.1, -0.05) is 56.0 Å². The van der Waals surface area contributed by atoms with E-state index in [-0.39, 0.29) is 24.5 Å². The molecule has 1 N–H and O–H groups in total. The fourth-order valence-electron chi connectivity index (χ4n) is 4.62. The lowest BCUT2D eigenvalue weighted by Gasteiger charge is -2.32. The third kappa shape index (κ3) is 6.99. The van der Waals surface area contributed by atoms with Crippen molar-refractivity contribution in [3.8, 4) is 5.75 Å². The van der Waals surface area contributed by atoms with Crippen LogP contribution in [0, 0.1) is 20.8 Å². The first-order valence-corrected chi connectivity index (χ1v) is 12.7. The number of amides is 2. The van der Waals surface area contributed by atoms with E-state index >= 15 is 0 Å². The van der Waals surface area contributed by atoms with Crippen LogP contribution in [0.25, 0.3) is 0 Å². The topological polar surface area (TPSA) is 58.6 Å². The highest BCUT2D eigenvalue weighted by molar-refractivity contribution is 6.30. The molecule has 0 aromatic heterocycles. The molecule has 34 heavy (non-hydrogen) atoms. The van der Waals surface area contributed by atoms with Crippen molar-refractivity contribution in [3.05, 3.63) is 63.7 Å². The molecule has 1 fully saturated rings. The number of rotatable bonds is 9. The van der Waals surface area contributed by atoms with E-state index in [2.05, 4.69) is 11.4 Å². The summed E-state index contributed by atoms with van der Waals surface area (Å²) < 4.78 is 5.98. The third-order valence-corrected chi connectivity index (χ3v) is 6.97. The van der Waals surface area contributed by atoms with Crippen LogP contribution >= 0.6 is 11.6 Å². The lowest BCUT2D eigenvalue weighted by Crippen LogP contribution is -2.52. The lowest BCUT2D eigenvalue weighted by atomic mass is 9.95. The molecule has 0 heterocycles. The smallest absolute Gasteiger partial charge is 0.261 e. The Morgan fingerprint density at radius 3 is 2.41 bits per heavy atom. The van der Waals surface area contributed by atoms with Gasteiger partial charge in [0, 0.05) is 17.6 Å². The summed E-state index contributed by atoms with van der Waals surface area (Å²) >= 11 is 6.05. The van der Waals surface area contributed by atoms with Crippen LogP contribution in [0.5, 0.6) is 5.75 Å². The van der Waals surface area contributed by atoms with Crippen LogP contribution in [-0.2, 0) is 16.1 Å². The molecule has 5 nitrogen and oxygen atoms in total. The van der Waals surface area contributed by atoms with Crippen LogP contribution in [0.3, 0.4) is 0 Å². The van der Waals surface area contributed by atoms with Gasteiger partial charge in [0.25, 0.3) is 5.91 Å². The van der Waals surface area contributed by atoms with Crippen LogP contribution < -0.4 is 10.1 Å². The molecule has 1 aliphatic rings. The van der Waals surface area contributed by atoms with Crippen molar-refractivity contribution in [2.45, 2.75) is 84.8 Å². The fourth-order valence-corrected chi connectivity index (χ4v) is 4.75. The van der Waals surface area contributed by atoms with Crippen LogP contribution in [0.4, 0.5) is 0 Å². The molecule has 1 aliphatic carbocycles. The minimum atomic E-state index is -0.561. The maximum absolute atomic E-state index is 13.5. The van der Waals surface area contributed by atoms with Crippen LogP contribution in [0.1, 0.15) is 67.7 Å². The number of carbonyl (C=O) groups excluding carboxylic acids is 2. The Bertz CT molecular complexity index is 984. The molecular weight excluding hydrogens is 448 g/mol. The average Bonchev–Trinajstić information content (AvgIpc) is 2.82. The Balaban J connectivity index is 1.78. The average molecular weight is 485 g/mol. The SMILES string of the molecule is CC[C@H](C(=O)NC1CCCCC1)N(Cc1ccc(Cl)cc1)C(=O)COc1cc(C)cc(C)c1C. The van der Waals surface area contributed by atoms with Crippen molar-refractivity contribution in [3.63, 3.8) is 0 Å². The Kier molecular flexibility index (Phi) is 9.40. The van der Waals surface area contributed by atoms with Crippen molar-refractivity contribution in [2.24, 2.45) is 0 Å². The van der Waals surface area contributed by atoms with Gasteiger partial charge in [-0.2, -0.15) is 0 Å². The van der Waals surface area contributed by atoms with E-state index in [9.17, 15) is 9.59 Å². The first-order chi connectivity index (χ1) is 16.3. The van der Waals surface area contributed by atoms with Crippen molar-refractivity contribution in [1.29, 1.82) is 0 Å². The van der Waals surface area contributed by atoms with Crippen molar-refractivity contribution in [2.75, 3.05) is 6.61 Å². The molecule has 0 unspecified atom stereocenters. The summed E-state index contributed by atoms with van der Waals surface area (Å²) in [6, 6.07) is 11.1. The largest absolute Gasteiger partial charge is 0.483 e. The Hall–Kier alpha value is -2.53. The predicted octanol–water partition coefficient (Wildman–Crippen LogP) is 5.90. The molecule has 3 rings (SSSR count). The summed E-state index contributed by atoms with van der Waals surface area (Å²) in [5.41, 5.74) is 4.15. The van der Waals surface area contributed by atoms with Gasteiger partial charge in [-0.3, -0.25) is 9.59 Å². The molecule has 184 valence electrons. The number of aryl methyl sites for hydroxylation is 2. The number of ether oxygens (including phenoxy) is 1. The van der Waals surface area contributed by atoms with E-state index in [0.717, 1.165) is 47.9 Å². The van der Waals surface area contributed by atoms with Crippen LogP contribution in [0.2, 0.25) is 5.02 Å². The highest BCUT2D eigenvalue weighted by Gasteiger charge is 2.30. The van der Waals surface area contributed by atoms with Gasteiger partial charge in [0.15, 0.2) is 6.61 Å². The lowest BCUT2D eigenvalue weighted by molar-refractivity contribution is -0.143. The second kappa shape index (κ2) is 12.3. The second-order valence-electron chi connectivity index (χ2n) is 9.41. The van der Waals surface area contributed by atoms with E-state index in [0.29, 0.717) is 23.7 Å². The monoisotopic (exact) mass is 484 g/mol. The normalized spacial score (nSPS) is 15.0. The highest BCUT2D eigenvalue weighted by atomic mass is 35.5. The molecule has 2 aromatic carbocycles. The van der Waals surface area contributed by atoms with Crippen molar-refractivity contribution >= 4 is 23.4 Å². The molecule has 0 saturated heterocycles. The number of halogens is 1. The number of benzene rings is 2. The Morgan fingerprint density at radius 1 is 1.09 bits per heavy atom. The van der Waals surface area contributed by atoms with Crippen LogP contribution in [0.15, 0.2) is 36.4 Å². The molecule has 0 radical (unpaired) electrons. The fraction of sp³-hybridized carbons (Fsp3) is 0.500. The van der Waals surface area contributed by atoms with E-state index in [1.54, 1.807) is 17.0 Å². The molecule has 1 saturated carbocycles. The maximum Gasteiger partial charge on any atom is 0.261 e. The van der Waals surface area contributed by atoms with Gasteiger partial charge in [0.1, 0.15) is 11.8 Å². The van der Waals surface area contributed by atoms with E-state index in [4.69, 9.17) is 16.3 Å². The first-order valence-electron chi connectivity index (χ1n) is 12.3. The summed E-state index contributed by atoms with van der Waals surface area (Å²) in [6.07, 6.45) is 6.03. The number of hydrogen-bond donors (Lipinski definition) is 1. The summed E-state index contributed by atoms with van der Waals surface area (Å²) in [5.74, 6) is 0.412. The molecule has 1 atom stereocenters. The summed E-state index contributed by atoms with van der Waals surface area (Å²) in [4.78, 5) is 28.4. The van der Waals surface area contributed by atoms with Crippen molar-refractivity contribution < 1.29 is 14.3 Å². The van der Waals surface area contributed by atoms with Crippen molar-refractivity contribution in [1.82, 2.24) is 10.2 Å². The van der Waals surface area contributed by atoms with Crippen LogP contribution in [-0.4, -0.2) is 35.4 Å². The minimum absolute atomic E-state index is 0.0840. The summed E-state index contributed by atoms with van der Waals surface area (Å²) in [7, 11) is 0. The quantitative estimate of drug-likeness (QED) is 0.482. The predicted molar refractivity (Wildman–Crippen MR) is 137 cm³/mol. The third-order valence-electron chi connectivity index (χ3n) is 6.72. The molecule has 0 bridgehead atoms. The van der Waals surface area contributed by atoms with Gasteiger partial charge in [-0.15, -0.1) is 0 Å². The van der Waals surface area contributed by atoms with Gasteiger partial charge in [-0.05, 0) is 80.5 Å². The zero-order valence-corrected chi connectivity index (χ0v) is 21.6. The Labute approximate surface area is 208 Å².